The van der Waals surface area contributed by atoms with E-state index in [1.807, 2.05) is 0 Å². The molecule has 1 unspecified atom stereocenters. The fraction of sp³-hybridized carbons (Fsp3) is 1.00. The molecule has 0 aromatic rings. The van der Waals surface area contributed by atoms with Crippen molar-refractivity contribution in [2.75, 3.05) is 13.1 Å². The summed E-state index contributed by atoms with van der Waals surface area (Å²) in [6.07, 6.45) is 6.04. The van der Waals surface area contributed by atoms with Gasteiger partial charge in [-0.25, -0.2) is 0 Å². The Morgan fingerprint density at radius 1 is 1.50 bits per heavy atom. The zero-order chi connectivity index (χ0) is 8.81. The van der Waals surface area contributed by atoms with Crippen LogP contribution in [0.5, 0.6) is 0 Å². The summed E-state index contributed by atoms with van der Waals surface area (Å²) in [5, 5.41) is 12.7. The molecular weight excluding hydrogens is 150 g/mol. The maximum Gasteiger partial charge on any atom is 0.0664 e. The van der Waals surface area contributed by atoms with Crippen molar-refractivity contribution in [1.29, 1.82) is 0 Å². The highest BCUT2D eigenvalue weighted by atomic mass is 16.3. The van der Waals surface area contributed by atoms with Gasteiger partial charge in [-0.1, -0.05) is 26.2 Å². The van der Waals surface area contributed by atoms with E-state index in [9.17, 15) is 5.11 Å². The van der Waals surface area contributed by atoms with Gasteiger partial charge in [-0.3, -0.25) is 0 Å². The van der Waals surface area contributed by atoms with Crippen LogP contribution in [0.2, 0.25) is 0 Å². The van der Waals surface area contributed by atoms with Crippen LogP contribution in [0.1, 0.15) is 39.0 Å². The molecule has 0 saturated heterocycles. The van der Waals surface area contributed by atoms with Crippen molar-refractivity contribution < 1.29 is 5.11 Å². The van der Waals surface area contributed by atoms with Crippen molar-refractivity contribution in [3.8, 4) is 0 Å². The van der Waals surface area contributed by atoms with Gasteiger partial charge in [0, 0.05) is 6.54 Å². The number of rotatable bonds is 7. The Kier molecular flexibility index (Phi) is 4.62. The van der Waals surface area contributed by atoms with Gasteiger partial charge in [0.1, 0.15) is 0 Å². The van der Waals surface area contributed by atoms with Gasteiger partial charge in [-0.05, 0) is 25.3 Å². The minimum Gasteiger partial charge on any atom is -0.392 e. The van der Waals surface area contributed by atoms with Gasteiger partial charge in [0.25, 0.3) is 0 Å². The first-order valence-electron chi connectivity index (χ1n) is 5.21. The largest absolute Gasteiger partial charge is 0.392 e. The van der Waals surface area contributed by atoms with Gasteiger partial charge >= 0.3 is 0 Å². The molecule has 0 amide bonds. The summed E-state index contributed by atoms with van der Waals surface area (Å²) in [6.45, 7) is 3.97. The normalized spacial score (nSPS) is 19.5. The van der Waals surface area contributed by atoms with E-state index in [0.29, 0.717) is 0 Å². The number of aliphatic hydroxyl groups is 1. The quantitative estimate of drug-likeness (QED) is 0.569. The Labute approximate surface area is 75.4 Å². The molecule has 1 aliphatic carbocycles. The molecule has 2 nitrogen and oxygen atoms in total. The Bertz CT molecular complexity index is 112. The van der Waals surface area contributed by atoms with Gasteiger partial charge in [0.2, 0.25) is 0 Å². The zero-order valence-electron chi connectivity index (χ0n) is 8.05. The van der Waals surface area contributed by atoms with Gasteiger partial charge < -0.3 is 10.4 Å². The molecule has 1 saturated carbocycles. The monoisotopic (exact) mass is 171 g/mol. The summed E-state index contributed by atoms with van der Waals surface area (Å²) in [7, 11) is 0. The van der Waals surface area contributed by atoms with Crippen LogP contribution in [0.4, 0.5) is 0 Å². The van der Waals surface area contributed by atoms with Crippen molar-refractivity contribution in [2.24, 2.45) is 5.92 Å². The molecule has 0 aromatic heterocycles. The highest BCUT2D eigenvalue weighted by Crippen LogP contribution is 2.31. The van der Waals surface area contributed by atoms with Crippen molar-refractivity contribution in [2.45, 2.75) is 45.1 Å². The van der Waals surface area contributed by atoms with E-state index in [0.717, 1.165) is 31.8 Å². The third-order valence-corrected chi connectivity index (χ3v) is 2.43. The summed E-state index contributed by atoms with van der Waals surface area (Å²) in [6, 6.07) is 0. The first-order chi connectivity index (χ1) is 5.83. The molecule has 0 radical (unpaired) electrons. The van der Waals surface area contributed by atoms with E-state index < -0.39 is 0 Å². The SMILES string of the molecule is CCCC(O)CNCCC1CC1. The standard InChI is InChI=1S/C10H21NO/c1-2-3-10(12)8-11-7-6-9-4-5-9/h9-12H,2-8H2,1H3. The first kappa shape index (κ1) is 10.0. The van der Waals surface area contributed by atoms with E-state index in [4.69, 9.17) is 0 Å². The van der Waals surface area contributed by atoms with Crippen LogP contribution in [0, 0.1) is 5.92 Å². The Hall–Kier alpha value is -0.0800. The van der Waals surface area contributed by atoms with Crippen LogP contribution in [-0.4, -0.2) is 24.3 Å². The van der Waals surface area contributed by atoms with Gasteiger partial charge in [0.05, 0.1) is 6.10 Å². The highest BCUT2D eigenvalue weighted by molar-refractivity contribution is 4.73. The average Bonchev–Trinajstić information content (AvgIpc) is 2.82. The summed E-state index contributed by atoms with van der Waals surface area (Å²) in [5.74, 6) is 1.00. The zero-order valence-corrected chi connectivity index (χ0v) is 8.05. The maximum absolute atomic E-state index is 9.37. The second kappa shape index (κ2) is 5.55. The Morgan fingerprint density at radius 2 is 2.25 bits per heavy atom. The summed E-state index contributed by atoms with van der Waals surface area (Å²) >= 11 is 0. The number of nitrogens with one attached hydrogen (secondary N) is 1. The smallest absolute Gasteiger partial charge is 0.0664 e. The van der Waals surface area contributed by atoms with Crippen molar-refractivity contribution in [1.82, 2.24) is 5.32 Å². The fourth-order valence-corrected chi connectivity index (χ4v) is 1.42. The van der Waals surface area contributed by atoms with Crippen LogP contribution >= 0.6 is 0 Å². The van der Waals surface area contributed by atoms with Crippen LogP contribution in [0.3, 0.4) is 0 Å². The lowest BCUT2D eigenvalue weighted by molar-refractivity contribution is 0.160. The van der Waals surface area contributed by atoms with E-state index in [1.165, 1.54) is 19.3 Å². The molecule has 1 rings (SSSR count). The molecule has 1 aliphatic rings. The molecular formula is C10H21NO. The van der Waals surface area contributed by atoms with E-state index in [1.54, 1.807) is 0 Å². The van der Waals surface area contributed by atoms with Crippen molar-refractivity contribution in [3.05, 3.63) is 0 Å². The maximum atomic E-state index is 9.37. The van der Waals surface area contributed by atoms with Crippen molar-refractivity contribution >= 4 is 0 Å². The minimum absolute atomic E-state index is 0.130. The van der Waals surface area contributed by atoms with E-state index >= 15 is 0 Å². The molecule has 0 aliphatic heterocycles. The molecule has 0 aromatic carbocycles. The molecule has 1 fully saturated rings. The topological polar surface area (TPSA) is 32.3 Å². The number of hydrogen-bond donors (Lipinski definition) is 2. The molecule has 1 atom stereocenters. The molecule has 0 spiro atoms. The second-order valence-electron chi connectivity index (χ2n) is 3.88. The van der Waals surface area contributed by atoms with Crippen LogP contribution in [-0.2, 0) is 0 Å². The van der Waals surface area contributed by atoms with E-state index in [2.05, 4.69) is 12.2 Å². The van der Waals surface area contributed by atoms with Gasteiger partial charge in [0.15, 0.2) is 0 Å². The van der Waals surface area contributed by atoms with Gasteiger partial charge in [-0.2, -0.15) is 0 Å². The van der Waals surface area contributed by atoms with Crippen molar-refractivity contribution in [3.63, 3.8) is 0 Å². The molecule has 2 heteroatoms. The predicted molar refractivity (Wildman–Crippen MR) is 51.1 cm³/mol. The predicted octanol–water partition coefficient (Wildman–Crippen LogP) is 1.54. The number of aliphatic hydroxyl groups excluding tert-OH is 1. The van der Waals surface area contributed by atoms with E-state index in [-0.39, 0.29) is 6.10 Å². The number of hydrogen-bond acceptors (Lipinski definition) is 2. The summed E-state index contributed by atoms with van der Waals surface area (Å²) in [4.78, 5) is 0. The molecule has 0 heterocycles. The minimum atomic E-state index is -0.130. The first-order valence-corrected chi connectivity index (χ1v) is 5.21. The Morgan fingerprint density at radius 3 is 2.83 bits per heavy atom. The third kappa shape index (κ3) is 4.73. The van der Waals surface area contributed by atoms with Crippen LogP contribution in [0.25, 0.3) is 0 Å². The fourth-order valence-electron chi connectivity index (χ4n) is 1.42. The van der Waals surface area contributed by atoms with Crippen LogP contribution < -0.4 is 5.32 Å². The lowest BCUT2D eigenvalue weighted by Crippen LogP contribution is -2.27. The average molecular weight is 171 g/mol. The lowest BCUT2D eigenvalue weighted by atomic mass is 10.2. The molecule has 72 valence electrons. The van der Waals surface area contributed by atoms with Gasteiger partial charge in [-0.15, -0.1) is 0 Å². The molecule has 12 heavy (non-hydrogen) atoms. The molecule has 0 bridgehead atoms. The summed E-state index contributed by atoms with van der Waals surface area (Å²) < 4.78 is 0. The third-order valence-electron chi connectivity index (χ3n) is 2.43. The Balaban J connectivity index is 1.80. The lowest BCUT2D eigenvalue weighted by Gasteiger charge is -2.09. The highest BCUT2D eigenvalue weighted by Gasteiger charge is 2.19. The second-order valence-corrected chi connectivity index (χ2v) is 3.88. The molecule has 2 N–H and O–H groups in total. The van der Waals surface area contributed by atoms with Crippen LogP contribution in [0.15, 0.2) is 0 Å². The summed E-state index contributed by atoms with van der Waals surface area (Å²) in [5.41, 5.74) is 0.